The first kappa shape index (κ1) is 23.2. The number of nitrogens with zero attached hydrogens (tertiary/aromatic N) is 6. The lowest BCUT2D eigenvalue weighted by molar-refractivity contribution is 0.0972. The molecular formula is C20H26ClN7O2S. The van der Waals surface area contributed by atoms with Gasteiger partial charge in [-0.2, -0.15) is 0 Å². The van der Waals surface area contributed by atoms with Crippen LogP contribution in [0.1, 0.15) is 32.7 Å². The minimum atomic E-state index is -0.323. The second-order valence-electron chi connectivity index (χ2n) is 7.26. The van der Waals surface area contributed by atoms with Gasteiger partial charge in [-0.15, -0.1) is 10.2 Å². The number of hydrogen-bond donors (Lipinski definition) is 1. The highest BCUT2D eigenvalue weighted by Crippen LogP contribution is 2.29. The van der Waals surface area contributed by atoms with Crippen LogP contribution in [0.2, 0.25) is 5.02 Å². The zero-order chi connectivity index (χ0) is 22.4. The summed E-state index contributed by atoms with van der Waals surface area (Å²) in [5, 5.41) is 9.19. The maximum Gasteiger partial charge on any atom is 0.234 e. The minimum absolute atomic E-state index is 0.0197. The third-order valence-corrected chi connectivity index (χ3v) is 5.49. The summed E-state index contributed by atoms with van der Waals surface area (Å²) in [4.78, 5) is 13.1. The molecule has 9 nitrogen and oxygen atoms in total. The van der Waals surface area contributed by atoms with E-state index in [1.54, 1.807) is 32.7 Å². The molecule has 0 aliphatic carbocycles. The zero-order valence-corrected chi connectivity index (χ0v) is 19.7. The van der Waals surface area contributed by atoms with Gasteiger partial charge in [0.05, 0.1) is 17.4 Å². The van der Waals surface area contributed by atoms with Crippen LogP contribution in [0.3, 0.4) is 0 Å². The fourth-order valence-corrected chi connectivity index (χ4v) is 3.84. The summed E-state index contributed by atoms with van der Waals surface area (Å²) in [5.74, 6) is 2.79. The Morgan fingerprint density at radius 3 is 2.52 bits per heavy atom. The van der Waals surface area contributed by atoms with Crippen LogP contribution in [0.5, 0.6) is 5.88 Å². The summed E-state index contributed by atoms with van der Waals surface area (Å²) in [6.07, 6.45) is 2.80. The number of methoxy groups -OCH3 is 2. The van der Waals surface area contributed by atoms with E-state index < -0.39 is 0 Å². The summed E-state index contributed by atoms with van der Waals surface area (Å²) in [6.45, 7) is 7.03. The molecule has 0 aliphatic heterocycles. The number of rotatable bonds is 10. The summed E-state index contributed by atoms with van der Waals surface area (Å²) in [7, 11) is 3.22. The van der Waals surface area contributed by atoms with Gasteiger partial charge in [0, 0.05) is 32.1 Å². The number of pyridine rings is 1. The van der Waals surface area contributed by atoms with Crippen molar-refractivity contribution in [3.63, 3.8) is 0 Å². The van der Waals surface area contributed by atoms with E-state index in [0.717, 1.165) is 6.54 Å². The average molecular weight is 464 g/mol. The summed E-state index contributed by atoms with van der Waals surface area (Å²) < 4.78 is 16.2. The monoisotopic (exact) mass is 463 g/mol. The molecule has 3 aromatic rings. The normalized spacial score (nSPS) is 13.3. The van der Waals surface area contributed by atoms with Crippen LogP contribution in [0.4, 0.5) is 5.95 Å². The minimum Gasteiger partial charge on any atom is -0.481 e. The smallest absolute Gasteiger partial charge is 0.234 e. The third kappa shape index (κ3) is 5.84. The molecule has 166 valence electrons. The van der Waals surface area contributed by atoms with E-state index >= 15 is 0 Å². The van der Waals surface area contributed by atoms with Crippen molar-refractivity contribution in [2.75, 3.05) is 18.9 Å². The highest BCUT2D eigenvalue weighted by Gasteiger charge is 2.24. The quantitative estimate of drug-likeness (QED) is 0.441. The van der Waals surface area contributed by atoms with Gasteiger partial charge in [0.15, 0.2) is 11.6 Å². The topological polar surface area (TPSA) is 99.9 Å². The Kier molecular flexibility index (Phi) is 8.05. The molecule has 0 amide bonds. The second-order valence-corrected chi connectivity index (χ2v) is 8.88. The highest BCUT2D eigenvalue weighted by atomic mass is 35.5. The highest BCUT2D eigenvalue weighted by molar-refractivity contribution is 8.01. The molecule has 0 fully saturated rings. The number of nitrogens with one attached hydrogen (secondary N) is 1. The summed E-state index contributed by atoms with van der Waals surface area (Å²) >= 11 is 7.36. The SMILES string of the molecule is COc1cccc(-c2nnc(NSC(C)C(OC)c3ncc(Cl)cn3)n2CC(C)C)n1. The number of hydrogen-bond acceptors (Lipinski definition) is 9. The van der Waals surface area contributed by atoms with Gasteiger partial charge >= 0.3 is 0 Å². The largest absolute Gasteiger partial charge is 0.481 e. The van der Waals surface area contributed by atoms with Crippen molar-refractivity contribution in [1.82, 2.24) is 29.7 Å². The number of ether oxygens (including phenoxy) is 2. The van der Waals surface area contributed by atoms with E-state index in [4.69, 9.17) is 21.1 Å². The van der Waals surface area contributed by atoms with E-state index in [-0.39, 0.29) is 11.4 Å². The first-order chi connectivity index (χ1) is 14.9. The van der Waals surface area contributed by atoms with Crippen molar-refractivity contribution in [2.45, 2.75) is 38.7 Å². The predicted octanol–water partition coefficient (Wildman–Crippen LogP) is 4.28. The molecule has 2 unspecified atom stereocenters. The maximum absolute atomic E-state index is 5.90. The molecule has 3 aromatic heterocycles. The van der Waals surface area contributed by atoms with Crippen LogP contribution in [-0.2, 0) is 11.3 Å². The Morgan fingerprint density at radius 1 is 1.13 bits per heavy atom. The van der Waals surface area contributed by atoms with Gasteiger partial charge in [0.25, 0.3) is 0 Å². The number of aromatic nitrogens is 6. The van der Waals surface area contributed by atoms with Gasteiger partial charge in [-0.3, -0.25) is 9.29 Å². The molecule has 0 saturated carbocycles. The van der Waals surface area contributed by atoms with Gasteiger partial charge in [0.2, 0.25) is 11.8 Å². The van der Waals surface area contributed by atoms with Crippen molar-refractivity contribution in [2.24, 2.45) is 5.92 Å². The van der Waals surface area contributed by atoms with Crippen molar-refractivity contribution in [3.05, 3.63) is 41.4 Å². The van der Waals surface area contributed by atoms with E-state index in [0.29, 0.717) is 40.1 Å². The summed E-state index contributed by atoms with van der Waals surface area (Å²) in [5.41, 5.74) is 0.697. The lowest BCUT2D eigenvalue weighted by Gasteiger charge is -2.21. The maximum atomic E-state index is 5.90. The Balaban J connectivity index is 1.80. The first-order valence-corrected chi connectivity index (χ1v) is 11.0. The Labute approximate surface area is 191 Å². The van der Waals surface area contributed by atoms with Crippen molar-refractivity contribution in [1.29, 1.82) is 0 Å². The molecule has 0 saturated heterocycles. The van der Waals surface area contributed by atoms with E-state index in [1.807, 2.05) is 23.6 Å². The Morgan fingerprint density at radius 2 is 1.87 bits per heavy atom. The number of halogens is 1. The molecule has 0 radical (unpaired) electrons. The molecule has 11 heteroatoms. The van der Waals surface area contributed by atoms with Crippen LogP contribution in [0, 0.1) is 5.92 Å². The number of anilines is 1. The molecule has 0 spiro atoms. The molecule has 3 heterocycles. The lowest BCUT2D eigenvalue weighted by atomic mass is 10.2. The first-order valence-electron chi connectivity index (χ1n) is 9.79. The lowest BCUT2D eigenvalue weighted by Crippen LogP contribution is -2.19. The molecular weight excluding hydrogens is 438 g/mol. The van der Waals surface area contributed by atoms with Gasteiger partial charge in [-0.25, -0.2) is 15.0 Å². The predicted molar refractivity (Wildman–Crippen MR) is 122 cm³/mol. The fraction of sp³-hybridized carbons (Fsp3) is 0.450. The van der Waals surface area contributed by atoms with Gasteiger partial charge in [0.1, 0.15) is 11.8 Å². The van der Waals surface area contributed by atoms with Crippen molar-refractivity contribution in [3.8, 4) is 17.4 Å². The van der Waals surface area contributed by atoms with Gasteiger partial charge < -0.3 is 9.47 Å². The zero-order valence-electron chi connectivity index (χ0n) is 18.1. The Hall–Kier alpha value is -2.43. The van der Waals surface area contributed by atoms with Crippen LogP contribution < -0.4 is 9.46 Å². The van der Waals surface area contributed by atoms with Crippen LogP contribution >= 0.6 is 23.5 Å². The molecule has 3 rings (SSSR count). The van der Waals surface area contributed by atoms with Crippen molar-refractivity contribution >= 4 is 29.5 Å². The molecule has 31 heavy (non-hydrogen) atoms. The van der Waals surface area contributed by atoms with Crippen molar-refractivity contribution < 1.29 is 9.47 Å². The van der Waals surface area contributed by atoms with Gasteiger partial charge in [-0.05, 0) is 30.9 Å². The molecule has 1 N–H and O–H groups in total. The van der Waals surface area contributed by atoms with E-state index in [1.165, 1.54) is 11.9 Å². The van der Waals surface area contributed by atoms with Crippen LogP contribution in [0.15, 0.2) is 30.6 Å². The summed E-state index contributed by atoms with van der Waals surface area (Å²) in [6, 6.07) is 5.57. The van der Waals surface area contributed by atoms with Gasteiger partial charge in [-0.1, -0.05) is 31.5 Å². The molecule has 0 aliphatic rings. The van der Waals surface area contributed by atoms with Crippen LogP contribution in [0.25, 0.3) is 11.5 Å². The standard InChI is InChI=1S/C20H26ClN7O2S/c1-12(2)11-28-19(15-7-6-8-16(24-15)29-4)25-26-20(28)27-31-13(3)17(30-5)18-22-9-14(21)10-23-18/h6-10,12-13,17H,11H2,1-5H3,(H,26,27). The Bertz CT molecular complexity index is 984. The molecule has 0 bridgehead atoms. The van der Waals surface area contributed by atoms with Crippen LogP contribution in [-0.4, -0.2) is 49.2 Å². The second kappa shape index (κ2) is 10.7. The fourth-order valence-electron chi connectivity index (χ4n) is 2.94. The van der Waals surface area contributed by atoms with E-state index in [2.05, 4.69) is 43.7 Å². The van der Waals surface area contributed by atoms with E-state index in [9.17, 15) is 0 Å². The average Bonchev–Trinajstić information content (AvgIpc) is 3.16. The molecule has 2 atom stereocenters. The molecule has 0 aromatic carbocycles. The third-order valence-electron chi connectivity index (χ3n) is 4.37.